The molecule has 0 saturated heterocycles. The largest absolute Gasteiger partial charge is 0.342 e. The predicted molar refractivity (Wildman–Crippen MR) is 113 cm³/mol. The molecule has 0 spiro atoms. The number of benzene rings is 2. The molecule has 0 fully saturated rings. The Kier molecular flexibility index (Phi) is 7.66. The smallest absolute Gasteiger partial charge is 0.126 e. The lowest BCUT2D eigenvalue weighted by molar-refractivity contribution is 0.914. The van der Waals surface area contributed by atoms with E-state index in [1.165, 1.54) is 0 Å². The van der Waals surface area contributed by atoms with E-state index in [-0.39, 0.29) is 6.04 Å². The van der Waals surface area contributed by atoms with Gasteiger partial charge in [-0.15, -0.1) is 33.2 Å². The van der Waals surface area contributed by atoms with Gasteiger partial charge in [0.25, 0.3) is 0 Å². The molecule has 10 heteroatoms. The molecule has 0 heterocycles. The van der Waals surface area contributed by atoms with Gasteiger partial charge in [0, 0.05) is 16.0 Å². The van der Waals surface area contributed by atoms with Gasteiger partial charge in [0.1, 0.15) is 0 Å². The van der Waals surface area contributed by atoms with Crippen LogP contribution in [0.25, 0.3) is 0 Å². The third kappa shape index (κ3) is 5.39. The van der Waals surface area contributed by atoms with Crippen LogP contribution in [0, 0.1) is 0 Å². The summed E-state index contributed by atoms with van der Waals surface area (Å²) in [7, 11) is 0. The van der Waals surface area contributed by atoms with E-state index >= 15 is 0 Å². The van der Waals surface area contributed by atoms with Gasteiger partial charge in [-0.05, 0) is 41.4 Å². The number of halogens is 9. The van der Waals surface area contributed by atoms with Crippen LogP contribution >= 0.6 is 103 Å². The molecule has 0 nitrogen and oxygen atoms in total. The van der Waals surface area contributed by atoms with Crippen LogP contribution < -0.4 is 0 Å². The van der Waals surface area contributed by atoms with Crippen LogP contribution in [-0.4, -0.2) is 6.00 Å². The van der Waals surface area contributed by atoms with Crippen molar-refractivity contribution in [3.8, 4) is 0 Å². The number of hydrogen-bond acceptors (Lipinski definition) is 0. The Labute approximate surface area is 184 Å². The first-order valence-corrected chi connectivity index (χ1v) is 13.9. The topological polar surface area (TPSA) is 0 Å². The van der Waals surface area contributed by atoms with Gasteiger partial charge in [0.15, 0.2) is 0 Å². The molecule has 0 saturated carbocycles. The van der Waals surface area contributed by atoms with E-state index < -0.39 is 11.9 Å². The van der Waals surface area contributed by atoms with E-state index in [2.05, 4.69) is 0 Å². The first-order chi connectivity index (χ1) is 11.0. The Hall–Kier alpha value is 1.27. The van der Waals surface area contributed by atoms with Crippen LogP contribution in [0.4, 0.5) is 0 Å². The molecule has 0 atom stereocenters. The second-order valence-electron chi connectivity index (χ2n) is 4.95. The molecule has 0 aliphatic rings. The van der Waals surface area contributed by atoms with Crippen molar-refractivity contribution >= 4 is 109 Å². The quantitative estimate of drug-likeness (QED) is 0.213. The summed E-state index contributed by atoms with van der Waals surface area (Å²) in [5.41, 5.74) is 1.29. The third-order valence-corrected chi connectivity index (χ3v) is 7.62. The monoisotopic (exact) mass is 518 g/mol. The van der Waals surface area contributed by atoms with E-state index in [1.807, 2.05) is 0 Å². The molecule has 0 aliphatic heterocycles. The van der Waals surface area contributed by atoms with Crippen molar-refractivity contribution in [1.29, 1.82) is 0 Å². The van der Waals surface area contributed by atoms with E-state index in [0.717, 1.165) is 0 Å². The molecule has 2 rings (SSSR count). The van der Waals surface area contributed by atoms with Crippen molar-refractivity contribution in [1.82, 2.24) is 0 Å². The molecular formula is C14H7Cl9Si. The number of hydrogen-bond donors (Lipinski definition) is 0. The van der Waals surface area contributed by atoms with Gasteiger partial charge in [-0.1, -0.05) is 69.6 Å². The molecule has 0 bridgehead atoms. The summed E-state index contributed by atoms with van der Waals surface area (Å²) >= 11 is 55.3. The summed E-state index contributed by atoms with van der Waals surface area (Å²) in [5.74, 6) is -0.423. The van der Waals surface area contributed by atoms with Gasteiger partial charge in [-0.2, -0.15) is 0 Å². The van der Waals surface area contributed by atoms with Crippen molar-refractivity contribution in [2.24, 2.45) is 0 Å². The lowest BCUT2D eigenvalue weighted by Crippen LogP contribution is -2.16. The molecule has 0 N–H and O–H groups in total. The average molecular weight is 522 g/mol. The SMILES string of the molecule is Clc1cc(Cl)c(C(C[Si](Cl)(Cl)Cl)c2cc(Cl)c(Cl)cc2Cl)cc1Cl. The standard InChI is InChI=1S/C14H7Cl9Si/c15-9-3-13(19)11(17)1-6(9)8(5-24(21,22)23)7-2-12(18)14(20)4-10(7)16/h1-4,8H,5H2. The Morgan fingerprint density at radius 1 is 0.583 bits per heavy atom. The molecule has 130 valence electrons. The first-order valence-electron chi connectivity index (χ1n) is 6.35. The van der Waals surface area contributed by atoms with Crippen LogP contribution in [0.2, 0.25) is 36.2 Å². The Balaban J connectivity index is 2.67. The second kappa shape index (κ2) is 8.52. The molecule has 2 aromatic rings. The van der Waals surface area contributed by atoms with Crippen LogP contribution in [0.3, 0.4) is 0 Å². The highest BCUT2D eigenvalue weighted by atomic mass is 35.8. The molecule has 0 aromatic heterocycles. The molecule has 2 aromatic carbocycles. The van der Waals surface area contributed by atoms with Gasteiger partial charge < -0.3 is 0 Å². The lowest BCUT2D eigenvalue weighted by Gasteiger charge is -2.24. The molecule has 24 heavy (non-hydrogen) atoms. The molecule has 0 radical (unpaired) electrons. The first kappa shape index (κ1) is 21.6. The van der Waals surface area contributed by atoms with Crippen molar-refractivity contribution in [3.05, 3.63) is 65.5 Å². The van der Waals surface area contributed by atoms with E-state index in [4.69, 9.17) is 103 Å². The predicted octanol–water partition coefficient (Wildman–Crippen LogP) is 9.39. The van der Waals surface area contributed by atoms with Crippen molar-refractivity contribution in [3.63, 3.8) is 0 Å². The maximum Gasteiger partial charge on any atom is 0.342 e. The van der Waals surface area contributed by atoms with E-state index in [0.29, 0.717) is 41.3 Å². The maximum absolute atomic E-state index is 6.34. The van der Waals surface area contributed by atoms with Gasteiger partial charge in [-0.25, -0.2) is 0 Å². The lowest BCUT2D eigenvalue weighted by atomic mass is 9.92. The minimum absolute atomic E-state index is 0.229. The Morgan fingerprint density at radius 2 is 0.917 bits per heavy atom. The highest BCUT2D eigenvalue weighted by Gasteiger charge is 2.34. The molecule has 0 amide bonds. The summed E-state index contributed by atoms with van der Waals surface area (Å²) in [5, 5.41) is 2.11. The normalized spacial score (nSPS) is 12.1. The third-order valence-electron chi connectivity index (χ3n) is 3.27. The van der Waals surface area contributed by atoms with Gasteiger partial charge in [-0.3, -0.25) is 0 Å². The average Bonchev–Trinajstić information content (AvgIpc) is 2.44. The van der Waals surface area contributed by atoms with Crippen LogP contribution in [0.15, 0.2) is 24.3 Å². The molecule has 0 unspecified atom stereocenters. The molecule has 0 aliphatic carbocycles. The van der Waals surface area contributed by atoms with Gasteiger partial charge >= 0.3 is 6.00 Å². The Bertz CT molecular complexity index is 712. The summed E-state index contributed by atoms with van der Waals surface area (Å²) in [6, 6.07) is 3.54. The van der Waals surface area contributed by atoms with Crippen molar-refractivity contribution in [2.75, 3.05) is 0 Å². The van der Waals surface area contributed by atoms with Gasteiger partial charge in [0.05, 0.1) is 20.1 Å². The highest BCUT2D eigenvalue weighted by molar-refractivity contribution is 7.64. The Morgan fingerprint density at radius 3 is 1.25 bits per heavy atom. The fourth-order valence-electron chi connectivity index (χ4n) is 2.23. The van der Waals surface area contributed by atoms with E-state index in [9.17, 15) is 0 Å². The highest BCUT2D eigenvalue weighted by Crippen LogP contribution is 2.46. The second-order valence-corrected chi connectivity index (χ2v) is 16.6. The van der Waals surface area contributed by atoms with Crippen LogP contribution in [0.5, 0.6) is 0 Å². The summed E-state index contributed by atoms with van der Waals surface area (Å²) in [6.07, 6.45) is 0. The van der Waals surface area contributed by atoms with E-state index in [1.54, 1.807) is 24.3 Å². The zero-order valence-electron chi connectivity index (χ0n) is 11.5. The fourth-order valence-corrected chi connectivity index (χ4v) is 5.89. The maximum atomic E-state index is 6.34. The minimum atomic E-state index is -3.05. The summed E-state index contributed by atoms with van der Waals surface area (Å²) < 4.78 is 0. The van der Waals surface area contributed by atoms with Crippen molar-refractivity contribution in [2.45, 2.75) is 12.0 Å². The van der Waals surface area contributed by atoms with Crippen molar-refractivity contribution < 1.29 is 0 Å². The summed E-state index contributed by atoms with van der Waals surface area (Å²) in [4.78, 5) is 0. The van der Waals surface area contributed by atoms with Crippen LogP contribution in [-0.2, 0) is 0 Å². The zero-order chi connectivity index (χ0) is 18.2. The zero-order valence-corrected chi connectivity index (χ0v) is 19.3. The summed E-state index contributed by atoms with van der Waals surface area (Å²) in [6.45, 7) is 0. The van der Waals surface area contributed by atoms with Crippen LogP contribution in [0.1, 0.15) is 17.0 Å². The number of rotatable bonds is 4. The molecular weight excluding hydrogens is 515 g/mol. The fraction of sp³-hybridized carbons (Fsp3) is 0.143. The van der Waals surface area contributed by atoms with Gasteiger partial charge in [0.2, 0.25) is 0 Å². The minimum Gasteiger partial charge on any atom is -0.126 e.